The smallest absolute Gasteiger partial charge is 0.136 e. The Morgan fingerprint density at radius 2 is 2.04 bits per heavy atom. The quantitative estimate of drug-likeness (QED) is 0.0535. The Hall–Kier alpha value is -3.51. The first kappa shape index (κ1) is 34.4. The van der Waals surface area contributed by atoms with Crippen molar-refractivity contribution < 1.29 is 9.53 Å². The molecule has 0 amide bonds. The van der Waals surface area contributed by atoms with Gasteiger partial charge >= 0.3 is 0 Å². The number of rotatable bonds is 17. The predicted molar refractivity (Wildman–Crippen MR) is 187 cm³/mol. The molecular weight excluding hydrogens is 579 g/mol. The highest BCUT2D eigenvalue weighted by Gasteiger charge is 2.28. The van der Waals surface area contributed by atoms with Crippen LogP contribution in [-0.4, -0.2) is 33.5 Å². The second-order valence-electron chi connectivity index (χ2n) is 12.9. The minimum Gasteiger partial charge on any atom is -0.446 e. The lowest BCUT2D eigenvalue weighted by atomic mass is 9.84. The van der Waals surface area contributed by atoms with Crippen LogP contribution in [0.4, 0.5) is 0 Å². The molecule has 0 radical (unpaired) electrons. The molecule has 0 fully saturated rings. The van der Waals surface area contributed by atoms with Crippen molar-refractivity contribution >= 4 is 28.0 Å². The van der Waals surface area contributed by atoms with Gasteiger partial charge in [-0.1, -0.05) is 47.1 Å². The van der Waals surface area contributed by atoms with E-state index in [9.17, 15) is 4.79 Å². The number of nitrogens with two attached hydrogens (primary N) is 1. The van der Waals surface area contributed by atoms with Gasteiger partial charge in [-0.3, -0.25) is 21.0 Å². The Morgan fingerprint density at radius 3 is 2.76 bits per heavy atom. The molecule has 240 valence electrons. The molecule has 3 aromatic heterocycles. The van der Waals surface area contributed by atoms with E-state index in [0.29, 0.717) is 25.4 Å². The number of ether oxygens (including phenoxy) is 1. The Balaban J connectivity index is 1.74. The number of aryl methyl sites for hydroxylation is 2. The molecule has 0 bridgehead atoms. The van der Waals surface area contributed by atoms with E-state index in [1.807, 2.05) is 19.2 Å². The van der Waals surface area contributed by atoms with Crippen molar-refractivity contribution in [1.29, 1.82) is 0 Å². The van der Waals surface area contributed by atoms with E-state index in [-0.39, 0.29) is 17.1 Å². The van der Waals surface area contributed by atoms with Crippen molar-refractivity contribution in [2.45, 2.75) is 92.5 Å². The van der Waals surface area contributed by atoms with Gasteiger partial charge in [-0.05, 0) is 68.4 Å². The lowest BCUT2D eigenvalue weighted by Gasteiger charge is -2.24. The van der Waals surface area contributed by atoms with Crippen LogP contribution in [0.15, 0.2) is 41.9 Å². The van der Waals surface area contributed by atoms with Gasteiger partial charge in [-0.15, -0.1) is 11.3 Å². The molecule has 3 N–H and O–H groups in total. The van der Waals surface area contributed by atoms with E-state index < -0.39 is 0 Å². The van der Waals surface area contributed by atoms with Gasteiger partial charge in [0.2, 0.25) is 0 Å². The molecule has 0 aliphatic heterocycles. The number of nitrogens with one attached hydrogen (secondary N) is 1. The molecule has 8 heteroatoms. The van der Waals surface area contributed by atoms with Crippen LogP contribution in [-0.2, 0) is 28.9 Å². The van der Waals surface area contributed by atoms with E-state index in [4.69, 9.17) is 27.0 Å². The van der Waals surface area contributed by atoms with Gasteiger partial charge in [0, 0.05) is 70.9 Å². The zero-order chi connectivity index (χ0) is 32.6. The maximum atomic E-state index is 12.7. The van der Waals surface area contributed by atoms with Gasteiger partial charge in [0.05, 0.1) is 22.1 Å². The average Bonchev–Trinajstić information content (AvgIpc) is 3.64. The summed E-state index contributed by atoms with van der Waals surface area (Å²) in [6, 6.07) is 10.9. The molecule has 0 aliphatic carbocycles. The molecule has 0 spiro atoms. The number of thiazole rings is 1. The number of pyridine rings is 1. The summed E-state index contributed by atoms with van der Waals surface area (Å²) in [7, 11) is 0. The van der Waals surface area contributed by atoms with Crippen molar-refractivity contribution in [3.05, 3.63) is 58.2 Å². The second-order valence-corrected chi connectivity index (χ2v) is 13.8. The molecule has 1 aromatic carbocycles. The van der Waals surface area contributed by atoms with Gasteiger partial charge in [0.1, 0.15) is 18.5 Å². The Bertz CT molecular complexity index is 1630. The van der Waals surface area contributed by atoms with Crippen molar-refractivity contribution in [3.63, 3.8) is 0 Å². The van der Waals surface area contributed by atoms with Crippen LogP contribution in [0.5, 0.6) is 0 Å². The molecule has 7 nitrogen and oxygen atoms in total. The van der Waals surface area contributed by atoms with E-state index in [0.717, 1.165) is 60.7 Å². The summed E-state index contributed by atoms with van der Waals surface area (Å²) in [5, 5.41) is 4.31. The molecule has 0 saturated carbocycles. The highest BCUT2D eigenvalue weighted by atomic mass is 32.1. The third-order valence-corrected chi connectivity index (χ3v) is 9.71. The molecule has 4 rings (SSSR count). The predicted octanol–water partition coefficient (Wildman–Crippen LogP) is 7.92. The number of carbonyl (C=O) groups is 1. The maximum Gasteiger partial charge on any atom is 0.136 e. The zero-order valence-corrected chi connectivity index (χ0v) is 28.6. The highest BCUT2D eigenvalue weighted by molar-refractivity contribution is 7.09. The number of fused-ring (bicyclic) bond motifs is 1. The average molecular weight is 628 g/mol. The van der Waals surface area contributed by atoms with Crippen LogP contribution < -0.4 is 11.3 Å². The first-order chi connectivity index (χ1) is 21.6. The van der Waals surface area contributed by atoms with Crippen LogP contribution in [0.2, 0.25) is 0 Å². The molecule has 2 unspecified atom stereocenters. The summed E-state index contributed by atoms with van der Waals surface area (Å²) < 4.78 is 7.91. The van der Waals surface area contributed by atoms with Crippen LogP contribution in [0, 0.1) is 23.9 Å². The summed E-state index contributed by atoms with van der Waals surface area (Å²) >= 11 is 1.63. The zero-order valence-electron chi connectivity index (χ0n) is 27.8. The summed E-state index contributed by atoms with van der Waals surface area (Å²) in [6.07, 6.45) is 14.5. The number of carbonyl (C=O) groups excluding carboxylic acids is 1. The number of ketones is 1. The van der Waals surface area contributed by atoms with E-state index in [1.165, 1.54) is 27.7 Å². The maximum absolute atomic E-state index is 12.7. The molecule has 4 aromatic rings. The van der Waals surface area contributed by atoms with Gasteiger partial charge in [0.15, 0.2) is 0 Å². The van der Waals surface area contributed by atoms with E-state index in [2.05, 4.69) is 80.4 Å². The normalized spacial score (nSPS) is 13.1. The third-order valence-electron chi connectivity index (χ3n) is 8.80. The molecule has 0 aliphatic rings. The van der Waals surface area contributed by atoms with E-state index in [1.54, 1.807) is 11.3 Å². The Morgan fingerprint density at radius 1 is 1.24 bits per heavy atom. The van der Waals surface area contributed by atoms with Gasteiger partial charge < -0.3 is 9.30 Å². The van der Waals surface area contributed by atoms with Crippen molar-refractivity contribution in [1.82, 2.24) is 20.0 Å². The first-order valence-electron chi connectivity index (χ1n) is 16.2. The molecule has 0 saturated heterocycles. The van der Waals surface area contributed by atoms with Crippen molar-refractivity contribution in [2.24, 2.45) is 17.2 Å². The fraction of sp³-hybridized carbons (Fsp3) is 0.486. The minimum absolute atomic E-state index is 0.0336. The summed E-state index contributed by atoms with van der Waals surface area (Å²) in [5.74, 6) is 6.01. The largest absolute Gasteiger partial charge is 0.446 e. The van der Waals surface area contributed by atoms with Crippen LogP contribution >= 0.6 is 11.3 Å². The number of aromatic nitrogens is 3. The van der Waals surface area contributed by atoms with Gasteiger partial charge in [-0.25, -0.2) is 4.98 Å². The molecule has 3 heterocycles. The van der Waals surface area contributed by atoms with Gasteiger partial charge in [-0.2, -0.15) is 0 Å². The Labute approximate surface area is 273 Å². The summed E-state index contributed by atoms with van der Waals surface area (Å²) in [5.41, 5.74) is 10.5. The summed E-state index contributed by atoms with van der Waals surface area (Å²) in [6.45, 7) is 15.1. The van der Waals surface area contributed by atoms with Crippen LogP contribution in [0.1, 0.15) is 89.4 Å². The topological polar surface area (TPSA) is 95.1 Å². The second kappa shape index (κ2) is 15.7. The van der Waals surface area contributed by atoms with Crippen LogP contribution in [0.25, 0.3) is 33.4 Å². The molecular formula is C37H49N5O2S. The SMILES string of the molecule is C#COCC(C)(C)Cc1c(-c2cccnc2C(C)CC)n(CC)c2ccc(-c3csc(CCC(=O)C(C)CCCNN)n3)cc12. The number of terminal acetylenes is 1. The van der Waals surface area contributed by atoms with Gasteiger partial charge in [0.25, 0.3) is 0 Å². The first-order valence-corrected chi connectivity index (χ1v) is 17.1. The fourth-order valence-corrected chi connectivity index (χ4v) is 6.88. The Kier molecular flexibility index (Phi) is 12.0. The van der Waals surface area contributed by atoms with Crippen LogP contribution in [0.3, 0.4) is 0 Å². The lowest BCUT2D eigenvalue weighted by Crippen LogP contribution is -2.24. The molecule has 45 heavy (non-hydrogen) atoms. The third kappa shape index (κ3) is 8.21. The minimum atomic E-state index is -0.193. The monoisotopic (exact) mass is 627 g/mol. The number of hydrazine groups is 1. The molecule has 2 atom stereocenters. The standard InChI is InChI=1S/C37H49N5O2S/c1-8-25(4)35-28(14-12-19-39-35)36-30(22-37(6,7)24-44-10-3)29-21-27(15-16-32(29)42(36)9-2)31-23-45-34(41-31)18-17-33(43)26(5)13-11-20-40-38/h3,12,14-16,19,21,23,25-26,40H,8-9,11,13,17-18,20,22,24,38H2,1-2,4-7H3. The van der Waals surface area contributed by atoms with E-state index >= 15 is 0 Å². The summed E-state index contributed by atoms with van der Waals surface area (Å²) in [4.78, 5) is 22.6. The van der Waals surface area contributed by atoms with Crippen molar-refractivity contribution in [3.8, 4) is 35.0 Å². The number of hydrogen-bond donors (Lipinski definition) is 2. The number of Topliss-reactive ketones (excluding diaryl/α,β-unsaturated/α-hetero) is 1. The number of benzene rings is 1. The van der Waals surface area contributed by atoms with Crippen molar-refractivity contribution in [2.75, 3.05) is 13.2 Å². The number of nitrogens with zero attached hydrogens (tertiary/aromatic N) is 3. The fourth-order valence-electron chi connectivity index (χ4n) is 6.08. The number of hydrogen-bond acceptors (Lipinski definition) is 7. The highest BCUT2D eigenvalue weighted by Crippen LogP contribution is 2.42. The lowest BCUT2D eigenvalue weighted by molar-refractivity contribution is -0.122.